The van der Waals surface area contributed by atoms with E-state index in [9.17, 15) is 4.79 Å². The number of carbonyl (C=O) groups is 1. The van der Waals surface area contributed by atoms with E-state index in [-0.39, 0.29) is 6.61 Å². The van der Waals surface area contributed by atoms with E-state index in [0.717, 1.165) is 0 Å². The van der Waals surface area contributed by atoms with Crippen molar-refractivity contribution in [1.29, 1.82) is 0 Å². The van der Waals surface area contributed by atoms with Gasteiger partial charge >= 0.3 is 5.97 Å². The molecule has 0 fully saturated rings. The van der Waals surface area contributed by atoms with Crippen LogP contribution in [-0.4, -0.2) is 64.3 Å². The fraction of sp³-hybridized carbons (Fsp3) is 0.889. The van der Waals surface area contributed by atoms with Crippen molar-refractivity contribution < 1.29 is 24.1 Å². The Labute approximate surface area is 89.5 Å². The van der Waals surface area contributed by atoms with Crippen LogP contribution in [0.2, 0.25) is 0 Å². The summed E-state index contributed by atoms with van der Waals surface area (Å²) < 4.78 is 15.0. The van der Waals surface area contributed by atoms with Gasteiger partial charge in [-0.3, -0.25) is 4.79 Å². The van der Waals surface area contributed by atoms with E-state index < -0.39 is 12.0 Å². The highest BCUT2D eigenvalue weighted by Gasteiger charge is 2.13. The van der Waals surface area contributed by atoms with Crippen molar-refractivity contribution >= 4 is 5.97 Å². The molecule has 0 bridgehead atoms. The molecule has 1 unspecified atom stereocenters. The van der Waals surface area contributed by atoms with Gasteiger partial charge in [-0.05, 0) is 7.05 Å². The molecule has 15 heavy (non-hydrogen) atoms. The van der Waals surface area contributed by atoms with E-state index in [1.807, 2.05) is 0 Å². The summed E-state index contributed by atoms with van der Waals surface area (Å²) in [5.74, 6) is -0.919. The third kappa shape index (κ3) is 8.31. The summed E-state index contributed by atoms with van der Waals surface area (Å²) in [6.07, 6.45) is 0. The Morgan fingerprint density at radius 2 is 1.87 bits per heavy atom. The third-order valence-corrected chi connectivity index (χ3v) is 1.73. The zero-order chi connectivity index (χ0) is 11.5. The van der Waals surface area contributed by atoms with Gasteiger partial charge in [-0.2, -0.15) is 0 Å². The summed E-state index contributed by atoms with van der Waals surface area (Å²) in [4.78, 5) is 10.5. The molecule has 0 aliphatic carbocycles. The van der Waals surface area contributed by atoms with Gasteiger partial charge in [0.1, 0.15) is 6.04 Å². The maximum Gasteiger partial charge on any atom is 0.323 e. The standard InChI is InChI=1S/C9H19NO5/c1-10-8(9(11)12)7-15-6-5-14-4-3-13-2/h8,10H,3-7H2,1-2H3,(H,11,12). The second kappa shape index (κ2) is 9.85. The van der Waals surface area contributed by atoms with Gasteiger partial charge in [-0.1, -0.05) is 0 Å². The number of methoxy groups -OCH3 is 1. The molecule has 90 valence electrons. The van der Waals surface area contributed by atoms with Crippen LogP contribution in [0, 0.1) is 0 Å². The van der Waals surface area contributed by atoms with Crippen LogP contribution in [0.5, 0.6) is 0 Å². The van der Waals surface area contributed by atoms with Gasteiger partial charge in [-0.25, -0.2) is 0 Å². The quantitative estimate of drug-likeness (QED) is 0.477. The minimum absolute atomic E-state index is 0.138. The first kappa shape index (κ1) is 14.3. The van der Waals surface area contributed by atoms with Crippen molar-refractivity contribution in [2.24, 2.45) is 0 Å². The molecule has 0 aromatic rings. The van der Waals surface area contributed by atoms with Crippen LogP contribution in [0.25, 0.3) is 0 Å². The van der Waals surface area contributed by atoms with Crippen LogP contribution in [0.4, 0.5) is 0 Å². The van der Waals surface area contributed by atoms with E-state index in [4.69, 9.17) is 19.3 Å². The SMILES string of the molecule is CNC(COCCOCCOC)C(=O)O. The average molecular weight is 221 g/mol. The molecule has 0 saturated carbocycles. The van der Waals surface area contributed by atoms with Crippen LogP contribution in [-0.2, 0) is 19.0 Å². The molecule has 0 aromatic carbocycles. The third-order valence-electron chi connectivity index (χ3n) is 1.73. The smallest absolute Gasteiger partial charge is 0.323 e. The molecule has 6 nitrogen and oxygen atoms in total. The topological polar surface area (TPSA) is 77.0 Å². The Kier molecular flexibility index (Phi) is 9.40. The molecule has 6 heteroatoms. The summed E-state index contributed by atoms with van der Waals surface area (Å²) in [6.45, 7) is 2.04. The predicted octanol–water partition coefficient (Wildman–Crippen LogP) is -0.661. The Morgan fingerprint density at radius 1 is 1.27 bits per heavy atom. The lowest BCUT2D eigenvalue weighted by Gasteiger charge is -2.11. The van der Waals surface area contributed by atoms with Crippen molar-refractivity contribution in [2.45, 2.75) is 6.04 Å². The van der Waals surface area contributed by atoms with Gasteiger partial charge < -0.3 is 24.6 Å². The highest BCUT2D eigenvalue weighted by molar-refractivity contribution is 5.73. The van der Waals surface area contributed by atoms with Gasteiger partial charge in [0.15, 0.2) is 0 Å². The Bertz CT molecular complexity index is 165. The Hall–Kier alpha value is -0.690. The zero-order valence-electron chi connectivity index (χ0n) is 9.19. The molecule has 0 aliphatic heterocycles. The van der Waals surface area contributed by atoms with Crippen LogP contribution in [0.3, 0.4) is 0 Å². The molecule has 0 rings (SSSR count). The first-order valence-corrected chi connectivity index (χ1v) is 4.76. The van der Waals surface area contributed by atoms with Crippen LogP contribution in [0.1, 0.15) is 0 Å². The number of aliphatic carboxylic acids is 1. The number of carboxylic acids is 1. The van der Waals surface area contributed by atoms with E-state index in [2.05, 4.69) is 5.32 Å². The van der Waals surface area contributed by atoms with E-state index in [1.54, 1.807) is 14.2 Å². The summed E-state index contributed by atoms with van der Waals surface area (Å²) in [6, 6.07) is -0.663. The Morgan fingerprint density at radius 3 is 2.40 bits per heavy atom. The fourth-order valence-corrected chi connectivity index (χ4v) is 0.841. The number of carboxylic acid groups (broad SMARTS) is 1. The molecule has 0 aromatic heterocycles. The van der Waals surface area contributed by atoms with Gasteiger partial charge in [0.25, 0.3) is 0 Å². The molecular weight excluding hydrogens is 202 g/mol. The number of nitrogens with one attached hydrogen (secondary N) is 1. The molecule has 0 radical (unpaired) electrons. The first-order chi connectivity index (χ1) is 7.22. The van der Waals surface area contributed by atoms with Gasteiger partial charge in [0.05, 0.1) is 33.0 Å². The largest absolute Gasteiger partial charge is 0.480 e. The highest BCUT2D eigenvalue weighted by Crippen LogP contribution is 1.86. The monoisotopic (exact) mass is 221 g/mol. The maximum atomic E-state index is 10.5. The summed E-state index contributed by atoms with van der Waals surface area (Å²) >= 11 is 0. The normalized spacial score (nSPS) is 12.7. The highest BCUT2D eigenvalue weighted by atomic mass is 16.5. The maximum absolute atomic E-state index is 10.5. The molecule has 1 atom stereocenters. The molecule has 0 saturated heterocycles. The molecule has 0 spiro atoms. The lowest BCUT2D eigenvalue weighted by atomic mass is 10.3. The van der Waals surface area contributed by atoms with Gasteiger partial charge in [0.2, 0.25) is 0 Å². The molecule has 0 aliphatic rings. The van der Waals surface area contributed by atoms with Crippen LogP contribution >= 0.6 is 0 Å². The summed E-state index contributed by atoms with van der Waals surface area (Å²) in [7, 11) is 3.18. The minimum Gasteiger partial charge on any atom is -0.480 e. The zero-order valence-corrected chi connectivity index (χ0v) is 9.19. The van der Waals surface area contributed by atoms with Gasteiger partial charge in [-0.15, -0.1) is 0 Å². The number of hydrogen-bond donors (Lipinski definition) is 2. The second-order valence-corrected chi connectivity index (χ2v) is 2.86. The Balaban J connectivity index is 3.25. The molecular formula is C9H19NO5. The summed E-state index contributed by atoms with van der Waals surface area (Å²) in [5, 5.41) is 11.3. The lowest BCUT2D eigenvalue weighted by Crippen LogP contribution is -2.38. The molecule has 0 heterocycles. The van der Waals surface area contributed by atoms with E-state index in [0.29, 0.717) is 26.4 Å². The van der Waals surface area contributed by atoms with E-state index >= 15 is 0 Å². The predicted molar refractivity (Wildman–Crippen MR) is 54.0 cm³/mol. The van der Waals surface area contributed by atoms with Crippen LogP contribution in [0.15, 0.2) is 0 Å². The number of ether oxygens (including phenoxy) is 3. The van der Waals surface area contributed by atoms with Gasteiger partial charge in [0, 0.05) is 7.11 Å². The fourth-order valence-electron chi connectivity index (χ4n) is 0.841. The van der Waals surface area contributed by atoms with Crippen molar-refractivity contribution in [3.8, 4) is 0 Å². The summed E-state index contributed by atoms with van der Waals surface area (Å²) in [5.41, 5.74) is 0. The number of likely N-dealkylation sites (N-methyl/N-ethyl adjacent to an activating group) is 1. The number of hydrogen-bond acceptors (Lipinski definition) is 5. The molecule has 2 N–H and O–H groups in total. The van der Waals surface area contributed by atoms with Crippen molar-refractivity contribution in [1.82, 2.24) is 5.32 Å². The lowest BCUT2D eigenvalue weighted by molar-refractivity contribution is -0.141. The minimum atomic E-state index is -0.919. The first-order valence-electron chi connectivity index (χ1n) is 4.76. The van der Waals surface area contributed by atoms with Crippen molar-refractivity contribution in [3.05, 3.63) is 0 Å². The average Bonchev–Trinajstić information content (AvgIpc) is 2.21. The number of rotatable bonds is 10. The second-order valence-electron chi connectivity index (χ2n) is 2.86. The molecule has 0 amide bonds. The van der Waals surface area contributed by atoms with Crippen molar-refractivity contribution in [3.63, 3.8) is 0 Å². The van der Waals surface area contributed by atoms with Crippen LogP contribution < -0.4 is 5.32 Å². The van der Waals surface area contributed by atoms with E-state index in [1.165, 1.54) is 0 Å². The van der Waals surface area contributed by atoms with Crippen molar-refractivity contribution in [2.75, 3.05) is 47.2 Å².